The molecule has 11 heteroatoms. The van der Waals surface area contributed by atoms with Crippen LogP contribution in [0.4, 0.5) is 8.78 Å². The van der Waals surface area contributed by atoms with Gasteiger partial charge in [-0.3, -0.25) is 4.79 Å². The summed E-state index contributed by atoms with van der Waals surface area (Å²) in [5, 5.41) is 26.2. The minimum Gasteiger partial charge on any atom is -0.387 e. The van der Waals surface area contributed by atoms with Crippen LogP contribution in [0.5, 0.6) is 0 Å². The van der Waals surface area contributed by atoms with E-state index in [1.54, 1.807) is 19.1 Å². The van der Waals surface area contributed by atoms with Crippen LogP contribution in [0.3, 0.4) is 0 Å². The predicted octanol–water partition coefficient (Wildman–Crippen LogP) is 6.36. The molecule has 5 heterocycles. The van der Waals surface area contributed by atoms with Crippen LogP contribution < -0.4 is 15.9 Å². The Bertz CT molecular complexity index is 2020. The molecular weight excluding hydrogens is 655 g/mol. The number of carbonyl (C=O) groups excluding carboxylic acids is 1. The Morgan fingerprint density at radius 1 is 1.27 bits per heavy atom. The lowest BCUT2D eigenvalue weighted by Gasteiger charge is -2.42. The first kappa shape index (κ1) is 31.9. The lowest BCUT2D eigenvalue weighted by Crippen LogP contribution is -2.47. The maximum atomic E-state index is 15.5. The topological polar surface area (TPSA) is 94.2 Å². The lowest BCUT2D eigenvalue weighted by molar-refractivity contribution is -0.143. The maximum Gasteiger partial charge on any atom is 0.261 e. The first-order valence-corrected chi connectivity index (χ1v) is 17.7. The number of carbonyl (C=O) groups is 1. The summed E-state index contributed by atoms with van der Waals surface area (Å²) in [6.07, 6.45) is 7.91. The van der Waals surface area contributed by atoms with Gasteiger partial charge in [-0.15, -0.1) is 0 Å². The number of nitriles is 1. The van der Waals surface area contributed by atoms with E-state index in [4.69, 9.17) is 23.2 Å². The number of nitrogens with zero attached hydrogens (tertiary/aromatic N) is 4. The zero-order valence-corrected chi connectivity index (χ0v) is 28.1. The van der Waals surface area contributed by atoms with Crippen molar-refractivity contribution in [1.82, 2.24) is 19.8 Å². The van der Waals surface area contributed by atoms with Gasteiger partial charge in [0.1, 0.15) is 11.7 Å². The van der Waals surface area contributed by atoms with Gasteiger partial charge in [-0.25, -0.2) is 13.8 Å². The normalized spacial score (nSPS) is 29.9. The van der Waals surface area contributed by atoms with Gasteiger partial charge >= 0.3 is 0 Å². The average Bonchev–Trinajstić information content (AvgIpc) is 3.66. The molecule has 2 aromatic heterocycles. The van der Waals surface area contributed by atoms with E-state index in [-0.39, 0.29) is 54.7 Å². The molecule has 7 atom stereocenters. The molecule has 6 unspecified atom stereocenters. The molecule has 3 aliphatic heterocycles. The number of aliphatic hydroxyl groups is 1. The van der Waals surface area contributed by atoms with Gasteiger partial charge in [-0.1, -0.05) is 41.4 Å². The van der Waals surface area contributed by atoms with Crippen molar-refractivity contribution < 1.29 is 18.7 Å². The molecule has 0 radical (unpaired) electrons. The van der Waals surface area contributed by atoms with Gasteiger partial charge in [-0.05, 0) is 93.1 Å². The fourth-order valence-corrected chi connectivity index (χ4v) is 9.30. The number of aliphatic hydroxyl groups excluding tert-OH is 1. The summed E-state index contributed by atoms with van der Waals surface area (Å²) in [5.41, 5.74) is 1.56. The highest BCUT2D eigenvalue weighted by molar-refractivity contribution is 6.42. The maximum absolute atomic E-state index is 15.5. The van der Waals surface area contributed by atoms with E-state index in [0.29, 0.717) is 50.6 Å². The van der Waals surface area contributed by atoms with Crippen molar-refractivity contribution in [2.45, 2.75) is 94.2 Å². The van der Waals surface area contributed by atoms with Crippen LogP contribution in [-0.4, -0.2) is 49.8 Å². The largest absolute Gasteiger partial charge is 0.387 e. The first-order chi connectivity index (χ1) is 23.1. The summed E-state index contributed by atoms with van der Waals surface area (Å²) in [6.45, 7) is 2.46. The molecule has 0 spiro atoms. The van der Waals surface area contributed by atoms with Gasteiger partial charge in [0.25, 0.3) is 5.91 Å². The number of piperidine rings is 1. The number of amides is 1. The second kappa shape index (κ2) is 11.9. The number of benzene rings is 1. The van der Waals surface area contributed by atoms with Gasteiger partial charge in [0.2, 0.25) is 0 Å². The highest BCUT2D eigenvalue weighted by atomic mass is 35.5. The quantitative estimate of drug-likeness (QED) is 0.287. The van der Waals surface area contributed by atoms with Crippen molar-refractivity contribution in [2.75, 3.05) is 6.54 Å². The molecule has 1 amide bonds. The summed E-state index contributed by atoms with van der Waals surface area (Å²) in [7, 11) is 0. The number of likely N-dealkylation sites (tertiary alicyclic amines) is 1. The number of nitrogens with one attached hydrogen (secondary N) is 1. The van der Waals surface area contributed by atoms with Crippen LogP contribution in [0.15, 0.2) is 29.8 Å². The predicted molar refractivity (Wildman–Crippen MR) is 182 cm³/mol. The molecule has 3 saturated carbocycles. The molecule has 4 bridgehead atoms. The summed E-state index contributed by atoms with van der Waals surface area (Å²) in [4.78, 5) is 20.3. The van der Waals surface area contributed by atoms with Crippen LogP contribution in [0, 0.1) is 23.2 Å². The SMILES string of the molecule is CC(O)c1nc(=C\F)/c(=C\C(=C\c2cccc(Cl)c2Cl)CCC#N)c2c1cc(C1C3CCC(C3)N1C(=O)C1(F)CC1)n2[C@H]1C2CNC1C2. The van der Waals surface area contributed by atoms with Crippen molar-refractivity contribution in [1.29, 1.82) is 5.26 Å². The Labute approximate surface area is 287 Å². The summed E-state index contributed by atoms with van der Waals surface area (Å²) >= 11 is 12.9. The van der Waals surface area contributed by atoms with Crippen LogP contribution >= 0.6 is 23.2 Å². The molecule has 7 nitrogen and oxygen atoms in total. The molecule has 3 aromatic rings. The second-order valence-electron chi connectivity index (χ2n) is 14.3. The van der Waals surface area contributed by atoms with Gasteiger partial charge < -0.3 is 19.9 Å². The summed E-state index contributed by atoms with van der Waals surface area (Å²) in [6, 6.07) is 9.44. The standard InChI is InChI=1S/C37H37Cl2F2N5O2/c1-19(47)32-26-16-30(34-22-7-8-24(14-22)45(34)36(48)37(41)9-10-37)46(33-23-15-28(33)43-18-23)35(26)25(29(17-40)44-32)13-20(4-3-11-42)12-21-5-2-6-27(38)31(21)39/h2,5-6,12-13,16-17,19,22-24,28,33-34,43,47H,3-4,7-10,14-15,18H2,1H3/b20-12+,25-13+,29-17-/t19?,22?,23?,24?,28?,33-,34?/m0/s1. The fraction of sp³-hybridized carbons (Fsp3) is 0.486. The van der Waals surface area contributed by atoms with Crippen LogP contribution in [-0.2, 0) is 4.79 Å². The van der Waals surface area contributed by atoms with Crippen molar-refractivity contribution in [2.24, 2.45) is 11.8 Å². The van der Waals surface area contributed by atoms with E-state index in [2.05, 4.69) is 20.9 Å². The monoisotopic (exact) mass is 691 g/mol. The van der Waals surface area contributed by atoms with E-state index in [9.17, 15) is 15.2 Å². The Morgan fingerprint density at radius 2 is 2.08 bits per heavy atom. The number of pyridine rings is 1. The van der Waals surface area contributed by atoms with E-state index in [1.807, 2.05) is 29.2 Å². The highest BCUT2D eigenvalue weighted by Gasteiger charge is 2.60. The zero-order chi connectivity index (χ0) is 33.5. The van der Waals surface area contributed by atoms with E-state index >= 15 is 8.78 Å². The number of alkyl halides is 1. The van der Waals surface area contributed by atoms with E-state index in [0.717, 1.165) is 49.0 Å². The van der Waals surface area contributed by atoms with E-state index in [1.165, 1.54) is 0 Å². The number of aromatic nitrogens is 2. The van der Waals surface area contributed by atoms with Crippen molar-refractivity contribution in [3.05, 3.63) is 67.4 Å². The lowest BCUT2D eigenvalue weighted by atomic mass is 9.79. The van der Waals surface area contributed by atoms with Gasteiger partial charge in [0, 0.05) is 41.3 Å². The molecule has 6 fully saturated rings. The van der Waals surface area contributed by atoms with Crippen LogP contribution in [0.25, 0.3) is 29.4 Å². The number of hydrogen-bond donors (Lipinski definition) is 2. The molecule has 1 aromatic carbocycles. The van der Waals surface area contributed by atoms with Crippen molar-refractivity contribution in [3.63, 3.8) is 0 Å². The number of halogens is 4. The minimum atomic E-state index is -1.79. The third kappa shape index (κ3) is 5.02. The van der Waals surface area contributed by atoms with Crippen LogP contribution in [0.1, 0.15) is 93.4 Å². The fourth-order valence-electron chi connectivity index (χ4n) is 8.94. The molecular formula is C37H37Cl2F2N5O2. The third-order valence-corrected chi connectivity index (χ3v) is 12.2. The first-order valence-electron chi connectivity index (χ1n) is 16.9. The summed E-state index contributed by atoms with van der Waals surface area (Å²) < 4.78 is 32.8. The Balaban J connectivity index is 1.42. The van der Waals surface area contributed by atoms with Crippen molar-refractivity contribution >= 4 is 58.5 Å². The molecule has 3 aliphatic carbocycles. The average molecular weight is 693 g/mol. The molecule has 9 rings (SSSR count). The highest BCUT2D eigenvalue weighted by Crippen LogP contribution is 2.56. The van der Waals surface area contributed by atoms with Gasteiger partial charge in [0.15, 0.2) is 5.67 Å². The molecule has 6 aliphatic rings. The zero-order valence-electron chi connectivity index (χ0n) is 26.6. The van der Waals surface area contributed by atoms with Gasteiger partial charge in [-0.2, -0.15) is 5.26 Å². The Hall–Kier alpha value is -3.29. The van der Waals surface area contributed by atoms with Crippen LogP contribution in [0.2, 0.25) is 10.0 Å². The van der Waals surface area contributed by atoms with E-state index < -0.39 is 17.7 Å². The Morgan fingerprint density at radius 3 is 2.75 bits per heavy atom. The number of hydrogen-bond acceptors (Lipinski definition) is 5. The number of fused-ring (bicyclic) bond motifs is 4. The number of rotatable bonds is 8. The molecule has 2 N–H and O–H groups in total. The smallest absolute Gasteiger partial charge is 0.261 e. The minimum absolute atomic E-state index is 0.0125. The molecule has 250 valence electrons. The third-order valence-electron chi connectivity index (χ3n) is 11.4. The number of allylic oxidation sites excluding steroid dienone is 1. The Kier molecular flexibility index (Phi) is 7.95. The second-order valence-corrected chi connectivity index (χ2v) is 15.1. The summed E-state index contributed by atoms with van der Waals surface area (Å²) in [5.74, 6) is 0.0919. The molecule has 48 heavy (non-hydrogen) atoms. The van der Waals surface area contributed by atoms with Gasteiger partial charge in [0.05, 0.1) is 45.5 Å². The van der Waals surface area contributed by atoms with Crippen molar-refractivity contribution in [3.8, 4) is 6.07 Å². The molecule has 3 saturated heterocycles.